The van der Waals surface area contributed by atoms with E-state index in [1.54, 1.807) is 24.7 Å². The third kappa shape index (κ3) is 2.23. The maximum absolute atomic E-state index is 13.6. The van der Waals surface area contributed by atoms with Crippen molar-refractivity contribution in [2.45, 2.75) is 13.8 Å². The Balaban J connectivity index is 2.47. The van der Waals surface area contributed by atoms with Crippen molar-refractivity contribution >= 4 is 5.78 Å². The van der Waals surface area contributed by atoms with Crippen molar-refractivity contribution in [3.05, 3.63) is 46.5 Å². The van der Waals surface area contributed by atoms with E-state index >= 15 is 0 Å². The first kappa shape index (κ1) is 13.3. The molecule has 0 aliphatic carbocycles. The summed E-state index contributed by atoms with van der Waals surface area (Å²) >= 11 is 0. The number of rotatable bonds is 3. The first-order chi connectivity index (χ1) is 8.95. The lowest BCUT2D eigenvalue weighted by molar-refractivity contribution is 0.103. The van der Waals surface area contributed by atoms with Gasteiger partial charge in [-0.05, 0) is 32.0 Å². The van der Waals surface area contributed by atoms with E-state index in [4.69, 9.17) is 4.74 Å². The maximum Gasteiger partial charge on any atom is 0.196 e. The molecule has 4 nitrogen and oxygen atoms in total. The predicted octanol–water partition coefficient (Wildman–Crippen LogP) is 2.42. The van der Waals surface area contributed by atoms with Crippen molar-refractivity contribution in [1.82, 2.24) is 9.78 Å². The van der Waals surface area contributed by atoms with Gasteiger partial charge in [0.15, 0.2) is 17.3 Å². The second kappa shape index (κ2) is 4.84. The van der Waals surface area contributed by atoms with Crippen LogP contribution in [-0.2, 0) is 7.05 Å². The van der Waals surface area contributed by atoms with Crippen LogP contribution in [0.15, 0.2) is 18.2 Å². The molecule has 2 rings (SSSR count). The summed E-state index contributed by atoms with van der Waals surface area (Å²) in [6.45, 7) is 3.58. The zero-order valence-electron chi connectivity index (χ0n) is 11.3. The van der Waals surface area contributed by atoms with E-state index in [2.05, 4.69) is 5.10 Å². The number of carbonyl (C=O) groups is 1. The van der Waals surface area contributed by atoms with Gasteiger partial charge in [-0.3, -0.25) is 9.48 Å². The molecule has 0 N–H and O–H groups in total. The second-order valence-corrected chi connectivity index (χ2v) is 4.35. The predicted molar refractivity (Wildman–Crippen MR) is 69.1 cm³/mol. The molecule has 0 bridgehead atoms. The molecule has 19 heavy (non-hydrogen) atoms. The van der Waals surface area contributed by atoms with Gasteiger partial charge in [0.25, 0.3) is 0 Å². The van der Waals surface area contributed by atoms with Crippen LogP contribution in [0.2, 0.25) is 0 Å². The smallest absolute Gasteiger partial charge is 0.196 e. The Morgan fingerprint density at radius 1 is 1.37 bits per heavy atom. The summed E-state index contributed by atoms with van der Waals surface area (Å²) in [5.41, 5.74) is 2.21. The molecule has 0 aliphatic heterocycles. The first-order valence-electron chi connectivity index (χ1n) is 5.84. The lowest BCUT2D eigenvalue weighted by atomic mass is 10.0. The zero-order valence-corrected chi connectivity index (χ0v) is 11.3. The van der Waals surface area contributed by atoms with Crippen molar-refractivity contribution in [1.29, 1.82) is 0 Å². The van der Waals surface area contributed by atoms with Gasteiger partial charge in [-0.25, -0.2) is 4.39 Å². The van der Waals surface area contributed by atoms with E-state index in [-0.39, 0.29) is 17.1 Å². The Labute approximate surface area is 110 Å². The fraction of sp³-hybridized carbons (Fsp3) is 0.286. The number of hydrogen-bond acceptors (Lipinski definition) is 3. The van der Waals surface area contributed by atoms with Crippen molar-refractivity contribution in [2.75, 3.05) is 7.11 Å². The van der Waals surface area contributed by atoms with E-state index in [1.165, 1.54) is 19.2 Å². The Kier molecular flexibility index (Phi) is 3.38. The fourth-order valence-corrected chi connectivity index (χ4v) is 2.05. The molecule has 0 amide bonds. The third-order valence-electron chi connectivity index (χ3n) is 3.15. The maximum atomic E-state index is 13.6. The number of aromatic nitrogens is 2. The number of methoxy groups -OCH3 is 1. The zero-order chi connectivity index (χ0) is 14.2. The molecule has 0 radical (unpaired) electrons. The highest BCUT2D eigenvalue weighted by Crippen LogP contribution is 2.22. The molecule has 1 aromatic carbocycles. The number of benzene rings is 1. The van der Waals surface area contributed by atoms with Gasteiger partial charge in [0, 0.05) is 18.3 Å². The highest BCUT2D eigenvalue weighted by Gasteiger charge is 2.20. The Hall–Kier alpha value is -2.17. The van der Waals surface area contributed by atoms with Gasteiger partial charge in [0.05, 0.1) is 18.4 Å². The molecule has 0 unspecified atom stereocenters. The molecular weight excluding hydrogens is 247 g/mol. The minimum Gasteiger partial charge on any atom is -0.494 e. The van der Waals surface area contributed by atoms with E-state index in [0.29, 0.717) is 11.3 Å². The minimum absolute atomic E-state index is 0.121. The van der Waals surface area contributed by atoms with E-state index in [0.717, 1.165) is 5.69 Å². The molecule has 0 atom stereocenters. The van der Waals surface area contributed by atoms with Crippen molar-refractivity contribution < 1.29 is 13.9 Å². The van der Waals surface area contributed by atoms with Gasteiger partial charge in [0.2, 0.25) is 0 Å². The molecule has 2 aromatic rings. The number of halogens is 1. The van der Waals surface area contributed by atoms with Gasteiger partial charge < -0.3 is 4.74 Å². The summed E-state index contributed by atoms with van der Waals surface area (Å²) in [5.74, 6) is -0.659. The van der Waals surface area contributed by atoms with Gasteiger partial charge in [-0.15, -0.1) is 0 Å². The van der Waals surface area contributed by atoms with Crippen LogP contribution in [0.3, 0.4) is 0 Å². The first-order valence-corrected chi connectivity index (χ1v) is 5.84. The van der Waals surface area contributed by atoms with Gasteiger partial charge in [-0.2, -0.15) is 5.10 Å². The van der Waals surface area contributed by atoms with Crippen LogP contribution < -0.4 is 4.74 Å². The summed E-state index contributed by atoms with van der Waals surface area (Å²) in [6.07, 6.45) is 0. The highest BCUT2D eigenvalue weighted by atomic mass is 19.1. The Bertz CT molecular complexity index is 647. The third-order valence-corrected chi connectivity index (χ3v) is 3.15. The van der Waals surface area contributed by atoms with Crippen LogP contribution in [0.5, 0.6) is 5.75 Å². The molecule has 5 heteroatoms. The average Bonchev–Trinajstić information content (AvgIpc) is 2.62. The Morgan fingerprint density at radius 3 is 2.53 bits per heavy atom. The van der Waals surface area contributed by atoms with E-state index < -0.39 is 5.82 Å². The van der Waals surface area contributed by atoms with Gasteiger partial charge in [-0.1, -0.05) is 0 Å². The van der Waals surface area contributed by atoms with Gasteiger partial charge >= 0.3 is 0 Å². The molecule has 0 saturated heterocycles. The number of ketones is 1. The van der Waals surface area contributed by atoms with E-state index in [9.17, 15) is 9.18 Å². The van der Waals surface area contributed by atoms with Crippen molar-refractivity contribution in [3.63, 3.8) is 0 Å². The minimum atomic E-state index is -0.549. The summed E-state index contributed by atoms with van der Waals surface area (Å²) in [7, 11) is 3.16. The quantitative estimate of drug-likeness (QED) is 0.798. The van der Waals surface area contributed by atoms with Crippen LogP contribution >= 0.6 is 0 Å². The Morgan fingerprint density at radius 2 is 2.05 bits per heavy atom. The summed E-state index contributed by atoms with van der Waals surface area (Å²) < 4.78 is 20.1. The van der Waals surface area contributed by atoms with Crippen LogP contribution in [0.25, 0.3) is 0 Å². The summed E-state index contributed by atoms with van der Waals surface area (Å²) in [4.78, 5) is 12.4. The largest absolute Gasteiger partial charge is 0.494 e. The van der Waals surface area contributed by atoms with Crippen LogP contribution in [-0.4, -0.2) is 22.7 Å². The second-order valence-electron chi connectivity index (χ2n) is 4.35. The number of ether oxygens (including phenoxy) is 1. The SMILES string of the molecule is COc1ccc(C(=O)c2c(C)nn(C)c2C)cc1F. The summed E-state index contributed by atoms with van der Waals surface area (Å²) in [5, 5.41) is 4.19. The molecule has 0 fully saturated rings. The molecule has 0 spiro atoms. The summed E-state index contributed by atoms with van der Waals surface area (Å²) in [6, 6.07) is 4.19. The fourth-order valence-electron chi connectivity index (χ4n) is 2.05. The number of hydrogen-bond donors (Lipinski definition) is 0. The number of nitrogens with zero attached hydrogens (tertiary/aromatic N) is 2. The van der Waals surface area contributed by atoms with Crippen LogP contribution in [0.1, 0.15) is 27.3 Å². The average molecular weight is 262 g/mol. The normalized spacial score (nSPS) is 10.6. The topological polar surface area (TPSA) is 44.1 Å². The molecule has 0 saturated carbocycles. The lowest BCUT2D eigenvalue weighted by Gasteiger charge is -2.05. The molecule has 1 aromatic heterocycles. The highest BCUT2D eigenvalue weighted by molar-refractivity contribution is 6.10. The van der Waals surface area contributed by atoms with Crippen molar-refractivity contribution in [3.8, 4) is 5.75 Å². The number of carbonyl (C=O) groups excluding carboxylic acids is 1. The molecule has 100 valence electrons. The monoisotopic (exact) mass is 262 g/mol. The molecule has 0 aliphatic rings. The van der Waals surface area contributed by atoms with Crippen molar-refractivity contribution in [2.24, 2.45) is 7.05 Å². The number of aryl methyl sites for hydroxylation is 2. The molecular formula is C14H15FN2O2. The van der Waals surface area contributed by atoms with Crippen LogP contribution in [0.4, 0.5) is 4.39 Å². The standard InChI is InChI=1S/C14H15FN2O2/c1-8-13(9(2)17(3)16-8)14(18)10-5-6-12(19-4)11(15)7-10/h5-7H,1-4H3. The van der Waals surface area contributed by atoms with E-state index in [1.807, 2.05) is 6.92 Å². The lowest BCUT2D eigenvalue weighted by Crippen LogP contribution is -2.05. The molecule has 1 heterocycles. The van der Waals surface area contributed by atoms with Gasteiger partial charge in [0.1, 0.15) is 0 Å². The van der Waals surface area contributed by atoms with Crippen LogP contribution in [0, 0.1) is 19.7 Å².